The van der Waals surface area contributed by atoms with Crippen molar-refractivity contribution in [3.63, 3.8) is 0 Å². The van der Waals surface area contributed by atoms with Crippen LogP contribution in [0.4, 0.5) is 0 Å². The van der Waals surface area contributed by atoms with Crippen LogP contribution in [0.2, 0.25) is 0 Å². The van der Waals surface area contributed by atoms with Gasteiger partial charge in [0.05, 0.1) is 28.7 Å². The molecule has 1 aromatic carbocycles. The molecule has 0 spiro atoms. The van der Waals surface area contributed by atoms with Gasteiger partial charge in [0, 0.05) is 26.1 Å². The van der Waals surface area contributed by atoms with Gasteiger partial charge in [-0.1, -0.05) is 38.1 Å². The van der Waals surface area contributed by atoms with Crippen LogP contribution in [0.5, 0.6) is 0 Å². The number of hydrogen-bond donors (Lipinski definition) is 3. The number of nitrogens with two attached hydrogens (primary N) is 1. The van der Waals surface area contributed by atoms with Gasteiger partial charge >= 0.3 is 0 Å². The molecule has 4 N–H and O–H groups in total. The average molecular weight is 462 g/mol. The summed E-state index contributed by atoms with van der Waals surface area (Å²) in [6.45, 7) is 10.8. The van der Waals surface area contributed by atoms with Gasteiger partial charge in [-0.05, 0) is 31.4 Å². The van der Waals surface area contributed by atoms with E-state index in [2.05, 4.69) is 27.8 Å². The largest absolute Gasteiger partial charge is 0.352 e. The molecule has 1 aromatic heterocycles. The zero-order valence-corrected chi connectivity index (χ0v) is 20.4. The molecular weight excluding hydrogens is 426 g/mol. The number of carbonyl (C=O) groups excluding carboxylic acids is 3. The number of likely N-dealkylation sites (tertiary alicyclic amines) is 1. The van der Waals surface area contributed by atoms with E-state index in [-0.39, 0.29) is 30.4 Å². The molecule has 1 aliphatic rings. The molecule has 2 heterocycles. The molecule has 0 bridgehead atoms. The van der Waals surface area contributed by atoms with E-state index in [0.717, 1.165) is 24.1 Å². The van der Waals surface area contributed by atoms with Crippen molar-refractivity contribution in [3.05, 3.63) is 41.0 Å². The van der Waals surface area contributed by atoms with Gasteiger partial charge < -0.3 is 21.3 Å². The number of nitrogens with zero attached hydrogens (tertiary/aromatic N) is 2. The maximum Gasteiger partial charge on any atom is 0.242 e. The van der Waals surface area contributed by atoms with E-state index in [1.54, 1.807) is 16.2 Å². The minimum atomic E-state index is -0.183. The average Bonchev–Trinajstić information content (AvgIpc) is 3.42. The molecule has 9 heteroatoms. The summed E-state index contributed by atoms with van der Waals surface area (Å²) in [5.41, 5.74) is 10.8. The monoisotopic (exact) mass is 461 g/mol. The molecule has 1 aliphatic heterocycles. The Hall–Kier alpha value is -2.78. The van der Waals surface area contributed by atoms with Crippen LogP contribution in [-0.4, -0.2) is 53.8 Å². The van der Waals surface area contributed by atoms with E-state index in [1.807, 2.05) is 45.3 Å². The fourth-order valence-corrected chi connectivity index (χ4v) is 3.84. The molecule has 2 atom stereocenters. The highest BCUT2D eigenvalue weighted by Crippen LogP contribution is 2.28. The minimum absolute atomic E-state index is 0.0455. The van der Waals surface area contributed by atoms with Gasteiger partial charge in [-0.15, -0.1) is 11.3 Å². The Balaban J connectivity index is 0.000000307. The molecule has 32 heavy (non-hydrogen) atoms. The lowest BCUT2D eigenvalue weighted by molar-refractivity contribution is -0.131. The molecule has 1 saturated heterocycles. The number of aromatic nitrogens is 1. The van der Waals surface area contributed by atoms with Gasteiger partial charge in [0.2, 0.25) is 18.2 Å². The molecular formula is C23H35N5O3S. The number of aryl methyl sites for hydroxylation is 1. The zero-order chi connectivity index (χ0) is 24.1. The first-order chi connectivity index (χ1) is 15.3. The Morgan fingerprint density at radius 1 is 1.31 bits per heavy atom. The topological polar surface area (TPSA) is 117 Å². The Bertz CT molecular complexity index is 854. The second-order valence-electron chi connectivity index (χ2n) is 7.19. The number of nitrogens with one attached hydrogen (secondary N) is 2. The fraction of sp³-hybridized carbons (Fsp3) is 0.478. The Kier molecular flexibility index (Phi) is 12.2. The summed E-state index contributed by atoms with van der Waals surface area (Å²) >= 11 is 1.64. The van der Waals surface area contributed by atoms with Gasteiger partial charge in [0.25, 0.3) is 0 Å². The summed E-state index contributed by atoms with van der Waals surface area (Å²) in [7, 11) is 0. The summed E-state index contributed by atoms with van der Waals surface area (Å²) < 4.78 is 0. The van der Waals surface area contributed by atoms with Gasteiger partial charge in [0.1, 0.15) is 0 Å². The van der Waals surface area contributed by atoms with Crippen LogP contribution in [-0.2, 0) is 14.4 Å². The summed E-state index contributed by atoms with van der Waals surface area (Å²) in [6, 6.07) is 8.36. The molecule has 3 rings (SSSR count). The van der Waals surface area contributed by atoms with Crippen molar-refractivity contribution in [2.24, 2.45) is 5.73 Å². The zero-order valence-electron chi connectivity index (χ0n) is 19.6. The predicted octanol–water partition coefficient (Wildman–Crippen LogP) is 2.63. The predicted molar refractivity (Wildman–Crippen MR) is 129 cm³/mol. The highest BCUT2D eigenvalue weighted by Gasteiger charge is 2.23. The van der Waals surface area contributed by atoms with Crippen LogP contribution >= 0.6 is 11.3 Å². The summed E-state index contributed by atoms with van der Waals surface area (Å²) in [6.07, 6.45) is 1.58. The van der Waals surface area contributed by atoms with E-state index in [0.29, 0.717) is 13.1 Å². The van der Waals surface area contributed by atoms with Crippen molar-refractivity contribution in [3.8, 4) is 10.4 Å². The van der Waals surface area contributed by atoms with Crippen molar-refractivity contribution < 1.29 is 14.4 Å². The number of amides is 3. The molecule has 8 nitrogen and oxygen atoms in total. The van der Waals surface area contributed by atoms with Crippen molar-refractivity contribution >= 4 is 29.6 Å². The number of thiazole rings is 1. The second kappa shape index (κ2) is 14.3. The maximum absolute atomic E-state index is 11.4. The van der Waals surface area contributed by atoms with Crippen molar-refractivity contribution in [2.75, 3.05) is 19.6 Å². The van der Waals surface area contributed by atoms with Crippen LogP contribution in [0.25, 0.3) is 10.4 Å². The third-order valence-electron chi connectivity index (χ3n) is 4.80. The van der Waals surface area contributed by atoms with Gasteiger partial charge in [-0.25, -0.2) is 4.98 Å². The minimum Gasteiger partial charge on any atom is -0.352 e. The van der Waals surface area contributed by atoms with E-state index >= 15 is 0 Å². The van der Waals surface area contributed by atoms with Crippen LogP contribution in [0.15, 0.2) is 29.8 Å². The SMILES string of the molecule is CC.CC(=O)NCC(=O)N1CCC(N)C1.Cc1ncsc1-c1ccc([C@H](C)NC=O)cc1. The third-order valence-corrected chi connectivity index (χ3v) is 5.78. The van der Waals surface area contributed by atoms with Gasteiger partial charge in [-0.3, -0.25) is 14.4 Å². The Morgan fingerprint density at radius 3 is 2.44 bits per heavy atom. The van der Waals surface area contributed by atoms with Crippen LogP contribution < -0.4 is 16.4 Å². The highest BCUT2D eigenvalue weighted by atomic mass is 32.1. The summed E-state index contributed by atoms with van der Waals surface area (Å²) in [5.74, 6) is -0.236. The molecule has 0 saturated carbocycles. The highest BCUT2D eigenvalue weighted by molar-refractivity contribution is 7.13. The van der Waals surface area contributed by atoms with Crippen LogP contribution in [0, 0.1) is 6.92 Å². The third kappa shape index (κ3) is 8.76. The van der Waals surface area contributed by atoms with Gasteiger partial charge in [-0.2, -0.15) is 0 Å². The van der Waals surface area contributed by atoms with E-state index in [4.69, 9.17) is 5.73 Å². The first-order valence-corrected chi connectivity index (χ1v) is 11.7. The second-order valence-corrected chi connectivity index (χ2v) is 8.05. The Labute approximate surface area is 194 Å². The molecule has 0 radical (unpaired) electrons. The lowest BCUT2D eigenvalue weighted by Gasteiger charge is -2.15. The van der Waals surface area contributed by atoms with Crippen LogP contribution in [0.3, 0.4) is 0 Å². The lowest BCUT2D eigenvalue weighted by Crippen LogP contribution is -2.39. The summed E-state index contributed by atoms with van der Waals surface area (Å²) in [4.78, 5) is 39.4. The molecule has 3 amide bonds. The Morgan fingerprint density at radius 2 is 1.97 bits per heavy atom. The summed E-state index contributed by atoms with van der Waals surface area (Å²) in [5, 5.41) is 5.20. The number of rotatable bonds is 6. The molecule has 0 aliphatic carbocycles. The standard InChI is InChI=1S/C13H14N2OS.C8H15N3O2.C2H6/c1-9(14-7-16)11-3-5-12(6-4-11)13-10(2)15-8-17-13;1-6(12)10-4-8(13)11-3-2-7(9)5-11;1-2/h3-9H,1-2H3,(H,14,16);7H,2-5,9H2,1H3,(H,10,12);1-2H3/t9-;;/m0../s1. The first kappa shape index (κ1) is 27.3. The molecule has 1 fully saturated rings. The van der Waals surface area contributed by atoms with Crippen molar-refractivity contribution in [1.82, 2.24) is 20.5 Å². The lowest BCUT2D eigenvalue weighted by atomic mass is 10.1. The molecule has 176 valence electrons. The van der Waals surface area contributed by atoms with E-state index in [1.165, 1.54) is 17.4 Å². The van der Waals surface area contributed by atoms with E-state index in [9.17, 15) is 14.4 Å². The quantitative estimate of drug-likeness (QED) is 0.572. The fourth-order valence-electron chi connectivity index (χ4n) is 3.03. The maximum atomic E-state index is 11.4. The number of benzene rings is 1. The van der Waals surface area contributed by atoms with E-state index < -0.39 is 0 Å². The molecule has 2 aromatic rings. The van der Waals surface area contributed by atoms with Crippen molar-refractivity contribution in [2.45, 2.75) is 53.1 Å². The molecule has 1 unspecified atom stereocenters. The normalized spacial score (nSPS) is 15.4. The number of carbonyl (C=O) groups is 3. The van der Waals surface area contributed by atoms with Crippen molar-refractivity contribution in [1.29, 1.82) is 0 Å². The van der Waals surface area contributed by atoms with Gasteiger partial charge in [0.15, 0.2) is 0 Å². The smallest absolute Gasteiger partial charge is 0.242 e. The first-order valence-electron chi connectivity index (χ1n) is 10.8. The number of hydrogen-bond acceptors (Lipinski definition) is 6. The van der Waals surface area contributed by atoms with Crippen LogP contribution in [0.1, 0.15) is 51.4 Å².